The average molecular weight is 468 g/mol. The monoisotopic (exact) mass is 467 g/mol. The smallest absolute Gasteiger partial charge is 0.192 e. The molecule has 0 aliphatic rings. The highest BCUT2D eigenvalue weighted by molar-refractivity contribution is 7.99. The first-order chi connectivity index (χ1) is 15.4. The Hall–Kier alpha value is -3.10. The normalized spacial score (nSPS) is 11.1. The first kappa shape index (κ1) is 22.1. The fraction of sp³-hybridized carbons (Fsp3) is 0.217. The standard InChI is InChI=1S/C23H22ClN5O2S/c1-5-10-28-22(17-6-8-18(24)9-7-17)25-26-23(28)32-13-20(30)19-11-14(2)29(16(19)4)21-12-15(3)31-27-21/h5-9,11-12H,1,10,13H2,2-4H3. The van der Waals surface area contributed by atoms with Crippen LogP contribution in [-0.2, 0) is 6.54 Å². The Bertz CT molecular complexity index is 1290. The maximum Gasteiger partial charge on any atom is 0.192 e. The Morgan fingerprint density at radius 2 is 1.94 bits per heavy atom. The van der Waals surface area contributed by atoms with E-state index in [0.717, 1.165) is 17.0 Å². The summed E-state index contributed by atoms with van der Waals surface area (Å²) in [5, 5.41) is 14.0. The van der Waals surface area contributed by atoms with Gasteiger partial charge in [-0.1, -0.05) is 34.6 Å². The number of hydrogen-bond donors (Lipinski definition) is 0. The first-order valence-corrected chi connectivity index (χ1v) is 11.3. The number of aryl methyl sites for hydroxylation is 2. The summed E-state index contributed by atoms with van der Waals surface area (Å²) in [5.41, 5.74) is 3.30. The SMILES string of the molecule is C=CCn1c(SCC(=O)c2cc(C)n(-c3cc(C)on3)c2C)nnc1-c1ccc(Cl)cc1. The summed E-state index contributed by atoms with van der Waals surface area (Å²) in [6.45, 7) is 10.1. The molecule has 7 nitrogen and oxygen atoms in total. The van der Waals surface area contributed by atoms with Gasteiger partial charge in [-0.05, 0) is 51.1 Å². The number of nitrogens with zero attached hydrogens (tertiary/aromatic N) is 5. The molecule has 32 heavy (non-hydrogen) atoms. The molecule has 0 spiro atoms. The molecule has 0 unspecified atom stereocenters. The molecule has 4 rings (SSSR count). The van der Waals surface area contributed by atoms with Gasteiger partial charge in [0, 0.05) is 40.1 Å². The van der Waals surface area contributed by atoms with Crippen molar-refractivity contribution in [2.75, 3.05) is 5.75 Å². The van der Waals surface area contributed by atoms with E-state index in [-0.39, 0.29) is 11.5 Å². The summed E-state index contributed by atoms with van der Waals surface area (Å²) in [5.74, 6) is 2.33. The number of rotatable bonds is 8. The summed E-state index contributed by atoms with van der Waals surface area (Å²) in [6.07, 6.45) is 1.78. The van der Waals surface area contributed by atoms with Crippen LogP contribution in [0.1, 0.15) is 27.5 Å². The van der Waals surface area contributed by atoms with Gasteiger partial charge < -0.3 is 4.52 Å². The number of halogens is 1. The van der Waals surface area contributed by atoms with E-state index in [9.17, 15) is 4.79 Å². The van der Waals surface area contributed by atoms with Crippen molar-refractivity contribution in [3.05, 3.63) is 76.8 Å². The van der Waals surface area contributed by atoms with E-state index in [4.69, 9.17) is 16.1 Å². The predicted molar refractivity (Wildman–Crippen MR) is 126 cm³/mol. The summed E-state index contributed by atoms with van der Waals surface area (Å²) in [7, 11) is 0. The fourth-order valence-corrected chi connectivity index (χ4v) is 4.52. The Balaban J connectivity index is 1.56. The first-order valence-electron chi connectivity index (χ1n) is 9.97. The Morgan fingerprint density at radius 3 is 2.59 bits per heavy atom. The van der Waals surface area contributed by atoms with Gasteiger partial charge in [-0.3, -0.25) is 13.9 Å². The highest BCUT2D eigenvalue weighted by Crippen LogP contribution is 2.27. The van der Waals surface area contributed by atoms with E-state index in [1.54, 1.807) is 6.08 Å². The quantitative estimate of drug-likeness (QED) is 0.194. The van der Waals surface area contributed by atoms with Crippen LogP contribution in [0, 0.1) is 20.8 Å². The van der Waals surface area contributed by atoms with Crippen LogP contribution in [0.5, 0.6) is 0 Å². The molecule has 164 valence electrons. The Kier molecular flexibility index (Phi) is 6.34. The Morgan fingerprint density at radius 1 is 1.19 bits per heavy atom. The van der Waals surface area contributed by atoms with Crippen molar-refractivity contribution < 1.29 is 9.32 Å². The van der Waals surface area contributed by atoms with Crippen LogP contribution in [0.2, 0.25) is 5.02 Å². The van der Waals surface area contributed by atoms with E-state index in [1.807, 2.05) is 66.3 Å². The van der Waals surface area contributed by atoms with E-state index < -0.39 is 0 Å². The molecule has 9 heteroatoms. The van der Waals surface area contributed by atoms with Crippen molar-refractivity contribution in [1.29, 1.82) is 0 Å². The molecule has 0 N–H and O–H groups in total. The zero-order chi connectivity index (χ0) is 22.8. The van der Waals surface area contributed by atoms with Gasteiger partial charge >= 0.3 is 0 Å². The molecule has 0 aliphatic heterocycles. The van der Waals surface area contributed by atoms with Crippen molar-refractivity contribution in [2.45, 2.75) is 32.5 Å². The summed E-state index contributed by atoms with van der Waals surface area (Å²) < 4.78 is 9.06. The lowest BCUT2D eigenvalue weighted by Gasteiger charge is -2.08. The van der Waals surface area contributed by atoms with Crippen molar-refractivity contribution in [2.24, 2.45) is 0 Å². The van der Waals surface area contributed by atoms with E-state index in [1.165, 1.54) is 11.8 Å². The van der Waals surface area contributed by atoms with Crippen LogP contribution in [0.15, 0.2) is 58.7 Å². The summed E-state index contributed by atoms with van der Waals surface area (Å²) in [6, 6.07) is 11.1. The number of benzene rings is 1. The van der Waals surface area contributed by atoms with Gasteiger partial charge in [-0.2, -0.15) is 0 Å². The third-order valence-electron chi connectivity index (χ3n) is 5.04. The van der Waals surface area contributed by atoms with Gasteiger partial charge in [0.25, 0.3) is 0 Å². The zero-order valence-corrected chi connectivity index (χ0v) is 19.6. The third-order valence-corrected chi connectivity index (χ3v) is 6.26. The number of ketones is 1. The minimum atomic E-state index is 0.00997. The topological polar surface area (TPSA) is 78.7 Å². The second-order valence-corrected chi connectivity index (χ2v) is 8.72. The van der Waals surface area contributed by atoms with Crippen molar-refractivity contribution in [3.8, 4) is 17.2 Å². The number of thioether (sulfide) groups is 1. The van der Waals surface area contributed by atoms with E-state index in [0.29, 0.717) is 39.7 Å². The van der Waals surface area contributed by atoms with Crippen LogP contribution >= 0.6 is 23.4 Å². The number of carbonyl (C=O) groups is 1. The van der Waals surface area contributed by atoms with Gasteiger partial charge in [0.2, 0.25) is 0 Å². The average Bonchev–Trinajstić information content (AvgIpc) is 3.45. The second kappa shape index (κ2) is 9.18. The van der Waals surface area contributed by atoms with Crippen LogP contribution in [0.3, 0.4) is 0 Å². The molecule has 0 saturated heterocycles. The predicted octanol–water partition coefficient (Wildman–Crippen LogP) is 5.46. The van der Waals surface area contributed by atoms with Gasteiger partial charge in [0.05, 0.1) is 5.75 Å². The van der Waals surface area contributed by atoms with E-state index >= 15 is 0 Å². The highest BCUT2D eigenvalue weighted by atomic mass is 35.5. The molecule has 3 heterocycles. The Labute approximate surface area is 195 Å². The maximum absolute atomic E-state index is 13.1. The molecule has 3 aromatic heterocycles. The number of aromatic nitrogens is 5. The largest absolute Gasteiger partial charge is 0.360 e. The lowest BCUT2D eigenvalue weighted by atomic mass is 10.2. The van der Waals surface area contributed by atoms with Gasteiger partial charge in [-0.15, -0.1) is 16.8 Å². The number of allylic oxidation sites excluding steroid dienone is 1. The molecule has 0 atom stereocenters. The molecule has 4 aromatic rings. The second-order valence-electron chi connectivity index (χ2n) is 7.34. The van der Waals surface area contributed by atoms with Crippen LogP contribution in [-0.4, -0.2) is 36.0 Å². The summed E-state index contributed by atoms with van der Waals surface area (Å²) >= 11 is 7.36. The molecule has 0 aliphatic carbocycles. The lowest BCUT2D eigenvalue weighted by molar-refractivity contribution is 0.102. The van der Waals surface area contributed by atoms with Crippen LogP contribution in [0.25, 0.3) is 17.2 Å². The molecule has 0 bridgehead atoms. The van der Waals surface area contributed by atoms with Crippen molar-refractivity contribution in [3.63, 3.8) is 0 Å². The highest BCUT2D eigenvalue weighted by Gasteiger charge is 2.20. The van der Waals surface area contributed by atoms with Gasteiger partial charge in [0.1, 0.15) is 5.76 Å². The molecular weight excluding hydrogens is 446 g/mol. The molecular formula is C23H22ClN5O2S. The summed E-state index contributed by atoms with van der Waals surface area (Å²) in [4.78, 5) is 13.1. The maximum atomic E-state index is 13.1. The minimum Gasteiger partial charge on any atom is -0.360 e. The van der Waals surface area contributed by atoms with Crippen molar-refractivity contribution in [1.82, 2.24) is 24.5 Å². The van der Waals surface area contributed by atoms with E-state index in [2.05, 4.69) is 21.9 Å². The van der Waals surface area contributed by atoms with Crippen LogP contribution in [0.4, 0.5) is 0 Å². The molecule has 0 fully saturated rings. The number of Topliss-reactive ketones (excluding diaryl/α,β-unsaturated/α-hetero) is 1. The van der Waals surface area contributed by atoms with Gasteiger partial charge in [-0.25, -0.2) is 0 Å². The molecule has 0 saturated carbocycles. The molecule has 1 aromatic carbocycles. The van der Waals surface area contributed by atoms with Crippen LogP contribution < -0.4 is 0 Å². The van der Waals surface area contributed by atoms with Crippen molar-refractivity contribution >= 4 is 29.1 Å². The van der Waals surface area contributed by atoms with Gasteiger partial charge in [0.15, 0.2) is 22.6 Å². The molecule has 0 amide bonds. The molecule has 0 radical (unpaired) electrons. The lowest BCUT2D eigenvalue weighted by Crippen LogP contribution is -2.07. The fourth-order valence-electron chi connectivity index (χ4n) is 3.57. The minimum absolute atomic E-state index is 0.00997. The number of carbonyl (C=O) groups excluding carboxylic acids is 1. The number of hydrogen-bond acceptors (Lipinski definition) is 6. The third kappa shape index (κ3) is 4.28. The zero-order valence-electron chi connectivity index (χ0n) is 18.0.